The lowest BCUT2D eigenvalue weighted by Gasteiger charge is -2.26. The summed E-state index contributed by atoms with van der Waals surface area (Å²) in [5.74, 6) is -2.64. The first kappa shape index (κ1) is 23.9. The van der Waals surface area contributed by atoms with Crippen LogP contribution < -0.4 is 5.32 Å². The van der Waals surface area contributed by atoms with Crippen molar-refractivity contribution in [3.05, 3.63) is 71.3 Å². The summed E-state index contributed by atoms with van der Waals surface area (Å²) in [5, 5.41) is 2.79. The largest absolute Gasteiger partial charge is 0.459 e. The predicted octanol–water partition coefficient (Wildman–Crippen LogP) is 3.87. The van der Waals surface area contributed by atoms with E-state index in [9.17, 15) is 23.2 Å². The molecular formula is C26H28F2N2O4. The molecule has 2 fully saturated rings. The van der Waals surface area contributed by atoms with E-state index in [4.69, 9.17) is 4.74 Å². The Bertz CT molecular complexity index is 1040. The van der Waals surface area contributed by atoms with Crippen molar-refractivity contribution in [2.45, 2.75) is 63.8 Å². The van der Waals surface area contributed by atoms with Crippen molar-refractivity contribution < 1.29 is 27.9 Å². The Balaban J connectivity index is 1.35. The quantitative estimate of drug-likeness (QED) is 0.535. The molecule has 180 valence electrons. The predicted molar refractivity (Wildman–Crippen MR) is 120 cm³/mol. The number of hydrogen-bond donors (Lipinski definition) is 1. The van der Waals surface area contributed by atoms with E-state index in [2.05, 4.69) is 5.32 Å². The van der Waals surface area contributed by atoms with Crippen molar-refractivity contribution in [3.8, 4) is 0 Å². The third kappa shape index (κ3) is 6.18. The molecule has 0 unspecified atom stereocenters. The maximum Gasteiger partial charge on any atom is 0.328 e. The number of nitrogens with zero attached hydrogens (tertiary/aromatic N) is 1. The summed E-state index contributed by atoms with van der Waals surface area (Å²) in [5.41, 5.74) is 0.925. The molecule has 1 heterocycles. The third-order valence-electron chi connectivity index (χ3n) is 6.36. The Hall–Kier alpha value is -3.29. The maximum absolute atomic E-state index is 14.1. The maximum atomic E-state index is 14.1. The molecule has 6 nitrogen and oxygen atoms in total. The normalized spacial score (nSPS) is 18.6. The highest BCUT2D eigenvalue weighted by Gasteiger charge is 2.35. The van der Waals surface area contributed by atoms with Crippen LogP contribution in [0.5, 0.6) is 0 Å². The minimum atomic E-state index is -0.990. The van der Waals surface area contributed by atoms with E-state index in [1.54, 1.807) is 0 Å². The number of nitrogens with one attached hydrogen (secondary N) is 1. The van der Waals surface area contributed by atoms with Gasteiger partial charge in [-0.1, -0.05) is 55.3 Å². The Labute approximate surface area is 197 Å². The number of benzene rings is 2. The van der Waals surface area contributed by atoms with Crippen LogP contribution in [0, 0.1) is 17.6 Å². The minimum Gasteiger partial charge on any atom is -0.459 e. The molecule has 2 amide bonds. The van der Waals surface area contributed by atoms with E-state index in [1.807, 2.05) is 30.3 Å². The third-order valence-corrected chi connectivity index (χ3v) is 6.36. The van der Waals surface area contributed by atoms with Crippen molar-refractivity contribution in [2.24, 2.45) is 5.92 Å². The van der Waals surface area contributed by atoms with Gasteiger partial charge in [0.25, 0.3) is 0 Å². The van der Waals surface area contributed by atoms with Crippen LogP contribution in [0.3, 0.4) is 0 Å². The van der Waals surface area contributed by atoms with E-state index in [0.717, 1.165) is 24.5 Å². The number of halogens is 2. The molecule has 2 aromatic carbocycles. The van der Waals surface area contributed by atoms with Gasteiger partial charge in [0.15, 0.2) is 11.6 Å². The summed E-state index contributed by atoms with van der Waals surface area (Å²) in [7, 11) is 0. The van der Waals surface area contributed by atoms with Gasteiger partial charge in [-0.25, -0.2) is 13.6 Å². The highest BCUT2D eigenvalue weighted by molar-refractivity contribution is 5.86. The van der Waals surface area contributed by atoms with Crippen molar-refractivity contribution in [1.29, 1.82) is 0 Å². The lowest BCUT2D eigenvalue weighted by Crippen LogP contribution is -2.44. The summed E-state index contributed by atoms with van der Waals surface area (Å²) < 4.78 is 33.1. The summed E-state index contributed by atoms with van der Waals surface area (Å²) >= 11 is 0. The molecule has 34 heavy (non-hydrogen) atoms. The average Bonchev–Trinajstić information content (AvgIpc) is 3.59. The van der Waals surface area contributed by atoms with Crippen molar-refractivity contribution >= 4 is 17.8 Å². The molecule has 0 radical (unpaired) electrons. The minimum absolute atomic E-state index is 0.0180. The van der Waals surface area contributed by atoms with Crippen LogP contribution in [0.25, 0.3) is 0 Å². The molecule has 2 atom stereocenters. The average molecular weight is 471 g/mol. The van der Waals surface area contributed by atoms with E-state index in [0.29, 0.717) is 18.8 Å². The lowest BCUT2D eigenvalue weighted by atomic mass is 10.1. The van der Waals surface area contributed by atoms with E-state index >= 15 is 0 Å². The SMILES string of the molecule is O=C(C[C@@H]1CCC(=O)N1Cc1cccc(F)c1F)N[C@@H](CC1CC1)C(=O)OCc1ccccc1. The number of rotatable bonds is 10. The Morgan fingerprint density at radius 3 is 2.56 bits per heavy atom. The molecular weight excluding hydrogens is 442 g/mol. The van der Waals surface area contributed by atoms with E-state index in [1.165, 1.54) is 17.0 Å². The Kier molecular flexibility index (Phi) is 7.55. The molecule has 0 spiro atoms. The molecule has 1 N–H and O–H groups in total. The molecule has 1 aliphatic carbocycles. The van der Waals surface area contributed by atoms with Crippen molar-refractivity contribution in [1.82, 2.24) is 10.2 Å². The highest BCUT2D eigenvalue weighted by atomic mass is 19.2. The van der Waals surface area contributed by atoms with Gasteiger partial charge >= 0.3 is 5.97 Å². The van der Waals surface area contributed by atoms with Crippen LogP contribution in [0.1, 0.15) is 49.7 Å². The van der Waals surface area contributed by atoms with Gasteiger partial charge in [0.2, 0.25) is 11.8 Å². The smallest absolute Gasteiger partial charge is 0.328 e. The van der Waals surface area contributed by atoms with Gasteiger partial charge < -0.3 is 15.0 Å². The number of esters is 1. The molecule has 1 saturated heterocycles. The second-order valence-electron chi connectivity index (χ2n) is 9.02. The number of hydrogen-bond acceptors (Lipinski definition) is 4. The van der Waals surface area contributed by atoms with Crippen LogP contribution in [0.15, 0.2) is 48.5 Å². The van der Waals surface area contributed by atoms with E-state index < -0.39 is 29.7 Å². The first-order valence-electron chi connectivity index (χ1n) is 11.6. The highest BCUT2D eigenvalue weighted by Crippen LogP contribution is 2.34. The zero-order valence-corrected chi connectivity index (χ0v) is 18.8. The van der Waals surface area contributed by atoms with Gasteiger partial charge in [0.1, 0.15) is 12.6 Å². The first-order valence-corrected chi connectivity index (χ1v) is 11.6. The number of carbonyl (C=O) groups excluding carboxylic acids is 3. The van der Waals surface area contributed by atoms with Crippen LogP contribution in [0.2, 0.25) is 0 Å². The number of ether oxygens (including phenoxy) is 1. The zero-order chi connectivity index (χ0) is 24.1. The van der Waals surface area contributed by atoms with Gasteiger partial charge in [-0.3, -0.25) is 9.59 Å². The van der Waals surface area contributed by atoms with E-state index in [-0.39, 0.29) is 43.4 Å². The van der Waals surface area contributed by atoms with Crippen LogP contribution >= 0.6 is 0 Å². The van der Waals surface area contributed by atoms with Gasteiger partial charge in [-0.2, -0.15) is 0 Å². The fraction of sp³-hybridized carbons (Fsp3) is 0.423. The number of carbonyl (C=O) groups is 3. The summed E-state index contributed by atoms with van der Waals surface area (Å²) in [6.07, 6.45) is 3.20. The Morgan fingerprint density at radius 1 is 1.06 bits per heavy atom. The standard InChI is InChI=1S/C26H28F2N2O4/c27-21-8-4-7-19(25(21)28)15-30-20(11-12-24(30)32)14-23(31)29-22(13-17-9-10-17)26(33)34-16-18-5-2-1-3-6-18/h1-8,17,20,22H,9-16H2,(H,29,31)/t20-,22-/m0/s1. The number of amides is 2. The van der Waals surface area contributed by atoms with Crippen molar-refractivity contribution in [3.63, 3.8) is 0 Å². The van der Waals surface area contributed by atoms with Gasteiger partial charge in [0, 0.05) is 31.0 Å². The molecule has 1 aliphatic heterocycles. The van der Waals surface area contributed by atoms with Gasteiger partial charge in [-0.15, -0.1) is 0 Å². The van der Waals surface area contributed by atoms with Crippen LogP contribution in [-0.2, 0) is 32.3 Å². The number of likely N-dealkylation sites (tertiary alicyclic amines) is 1. The summed E-state index contributed by atoms with van der Waals surface area (Å²) in [6, 6.07) is 11.9. The fourth-order valence-corrected chi connectivity index (χ4v) is 4.27. The van der Waals surface area contributed by atoms with Crippen LogP contribution in [-0.4, -0.2) is 34.8 Å². The molecule has 2 aliphatic rings. The van der Waals surface area contributed by atoms with Crippen molar-refractivity contribution in [2.75, 3.05) is 0 Å². The monoisotopic (exact) mass is 470 g/mol. The first-order chi connectivity index (χ1) is 16.4. The summed E-state index contributed by atoms with van der Waals surface area (Å²) in [6.45, 7) is 0.0197. The topological polar surface area (TPSA) is 75.7 Å². The van der Waals surface area contributed by atoms with Crippen LogP contribution in [0.4, 0.5) is 8.78 Å². The molecule has 1 saturated carbocycles. The second-order valence-corrected chi connectivity index (χ2v) is 9.02. The van der Waals surface area contributed by atoms with Gasteiger partial charge in [-0.05, 0) is 30.4 Å². The summed E-state index contributed by atoms with van der Waals surface area (Å²) in [4.78, 5) is 39.3. The fourth-order valence-electron chi connectivity index (χ4n) is 4.27. The second kappa shape index (κ2) is 10.8. The Morgan fingerprint density at radius 2 is 1.82 bits per heavy atom. The molecule has 2 aromatic rings. The molecule has 8 heteroatoms. The zero-order valence-electron chi connectivity index (χ0n) is 18.8. The molecule has 0 aromatic heterocycles. The molecule has 0 bridgehead atoms. The lowest BCUT2D eigenvalue weighted by molar-refractivity contribution is -0.149. The van der Waals surface area contributed by atoms with Gasteiger partial charge in [0.05, 0.1) is 0 Å². The molecule has 4 rings (SSSR count).